The van der Waals surface area contributed by atoms with E-state index in [1.165, 1.54) is 12.8 Å². The maximum Gasteiger partial charge on any atom is 0.324 e. The highest BCUT2D eigenvalue weighted by Crippen LogP contribution is 2.45. The lowest BCUT2D eigenvalue weighted by Crippen LogP contribution is -2.25. The van der Waals surface area contributed by atoms with E-state index in [0.717, 1.165) is 42.3 Å². The summed E-state index contributed by atoms with van der Waals surface area (Å²) in [6.45, 7) is 2.14. The molecule has 2 aromatic rings. The summed E-state index contributed by atoms with van der Waals surface area (Å²) in [7, 11) is 0. The van der Waals surface area contributed by atoms with Gasteiger partial charge in [0, 0.05) is 18.0 Å². The van der Waals surface area contributed by atoms with Crippen LogP contribution in [0.3, 0.4) is 0 Å². The van der Waals surface area contributed by atoms with Crippen molar-refractivity contribution in [2.75, 3.05) is 24.7 Å². The lowest BCUT2D eigenvalue weighted by atomic mass is 10.0. The minimum absolute atomic E-state index is 0.208. The fourth-order valence-corrected chi connectivity index (χ4v) is 3.53. The van der Waals surface area contributed by atoms with Gasteiger partial charge in [0.15, 0.2) is 17.3 Å². The molecule has 2 aliphatic heterocycles. The van der Waals surface area contributed by atoms with Gasteiger partial charge in [-0.25, -0.2) is 0 Å². The van der Waals surface area contributed by atoms with Crippen LogP contribution in [-0.2, 0) is 0 Å². The average Bonchev–Trinajstić information content (AvgIpc) is 3.13. The summed E-state index contributed by atoms with van der Waals surface area (Å²) in [5.41, 5.74) is 1.16. The zero-order valence-corrected chi connectivity index (χ0v) is 12.9. The Morgan fingerprint density at radius 1 is 1.09 bits per heavy atom. The molecule has 1 aromatic carbocycles. The van der Waals surface area contributed by atoms with Crippen LogP contribution in [0.2, 0.25) is 0 Å². The topological polar surface area (TPSA) is 60.6 Å². The Hall–Kier alpha value is -2.24. The van der Waals surface area contributed by atoms with Crippen LogP contribution in [0.4, 0.5) is 6.01 Å². The highest BCUT2D eigenvalue weighted by molar-refractivity contribution is 5.52. The van der Waals surface area contributed by atoms with Crippen molar-refractivity contribution in [1.82, 2.24) is 10.1 Å². The van der Waals surface area contributed by atoms with Crippen molar-refractivity contribution in [3.63, 3.8) is 0 Å². The molecule has 5 rings (SSSR count). The van der Waals surface area contributed by atoms with Gasteiger partial charge in [0.05, 0.1) is 6.04 Å². The van der Waals surface area contributed by atoms with Gasteiger partial charge in [-0.2, -0.15) is 4.98 Å². The van der Waals surface area contributed by atoms with E-state index in [0.29, 0.717) is 25.1 Å². The summed E-state index contributed by atoms with van der Waals surface area (Å²) < 4.78 is 17.1. The molecule has 3 heterocycles. The molecule has 1 saturated heterocycles. The number of rotatable bonds is 3. The molecule has 6 nitrogen and oxygen atoms in total. The second kappa shape index (κ2) is 5.15. The van der Waals surface area contributed by atoms with Crippen molar-refractivity contribution in [3.05, 3.63) is 29.6 Å². The molecule has 0 unspecified atom stereocenters. The average molecular weight is 313 g/mol. The van der Waals surface area contributed by atoms with E-state index in [1.54, 1.807) is 0 Å². The predicted molar refractivity (Wildman–Crippen MR) is 83.0 cm³/mol. The van der Waals surface area contributed by atoms with Gasteiger partial charge >= 0.3 is 6.01 Å². The summed E-state index contributed by atoms with van der Waals surface area (Å²) >= 11 is 0. The minimum Gasteiger partial charge on any atom is -0.486 e. The normalized spacial score (nSPS) is 23.3. The Kier molecular flexibility index (Phi) is 2.96. The number of ether oxygens (including phenoxy) is 2. The number of aromatic nitrogens is 2. The Labute approximate surface area is 134 Å². The first-order chi connectivity index (χ1) is 11.4. The van der Waals surface area contributed by atoms with E-state index < -0.39 is 0 Å². The highest BCUT2D eigenvalue weighted by atomic mass is 16.6. The number of para-hydroxylation sites is 1. The quantitative estimate of drug-likeness (QED) is 0.868. The van der Waals surface area contributed by atoms with Crippen molar-refractivity contribution in [1.29, 1.82) is 0 Å². The third-order valence-electron chi connectivity index (χ3n) is 4.83. The third kappa shape index (κ3) is 2.24. The first-order valence-corrected chi connectivity index (χ1v) is 8.39. The molecule has 120 valence electrons. The molecule has 1 aromatic heterocycles. The second-order valence-corrected chi connectivity index (χ2v) is 6.43. The molecular weight excluding hydrogens is 294 g/mol. The number of anilines is 1. The molecule has 0 bridgehead atoms. The van der Waals surface area contributed by atoms with Crippen LogP contribution in [-0.4, -0.2) is 29.9 Å². The molecule has 0 N–H and O–H groups in total. The van der Waals surface area contributed by atoms with Crippen LogP contribution in [0.25, 0.3) is 0 Å². The molecule has 0 radical (unpaired) electrons. The van der Waals surface area contributed by atoms with Gasteiger partial charge in [-0.15, -0.1) is 0 Å². The molecule has 23 heavy (non-hydrogen) atoms. The molecule has 1 atom stereocenters. The van der Waals surface area contributed by atoms with Gasteiger partial charge in [0.25, 0.3) is 0 Å². The Balaban J connectivity index is 1.49. The first-order valence-electron chi connectivity index (χ1n) is 8.39. The van der Waals surface area contributed by atoms with Gasteiger partial charge in [-0.3, -0.25) is 0 Å². The van der Waals surface area contributed by atoms with Gasteiger partial charge in [0.1, 0.15) is 13.2 Å². The fourth-order valence-electron chi connectivity index (χ4n) is 3.53. The zero-order valence-electron chi connectivity index (χ0n) is 12.9. The van der Waals surface area contributed by atoms with Crippen LogP contribution >= 0.6 is 0 Å². The SMILES string of the molecule is c1cc2c(c([C@H]3CCCN3c3nc(C4CC4)no3)c1)OCCO2. The van der Waals surface area contributed by atoms with E-state index in [9.17, 15) is 0 Å². The number of fused-ring (bicyclic) bond motifs is 1. The van der Waals surface area contributed by atoms with Gasteiger partial charge in [-0.05, 0) is 31.7 Å². The largest absolute Gasteiger partial charge is 0.486 e. The van der Waals surface area contributed by atoms with Gasteiger partial charge < -0.3 is 18.9 Å². The summed E-state index contributed by atoms with van der Waals surface area (Å²) in [6, 6.07) is 6.97. The Morgan fingerprint density at radius 2 is 2.00 bits per heavy atom. The summed E-state index contributed by atoms with van der Waals surface area (Å²) in [5, 5.41) is 4.15. The lowest BCUT2D eigenvalue weighted by molar-refractivity contribution is 0.169. The number of benzene rings is 1. The van der Waals surface area contributed by atoms with E-state index in [-0.39, 0.29) is 6.04 Å². The Bertz CT molecular complexity index is 726. The summed E-state index contributed by atoms with van der Waals surface area (Å²) in [4.78, 5) is 6.83. The number of nitrogens with zero attached hydrogens (tertiary/aromatic N) is 3. The number of hydrogen-bond donors (Lipinski definition) is 0. The molecule has 6 heteroatoms. The van der Waals surface area contributed by atoms with E-state index >= 15 is 0 Å². The maximum atomic E-state index is 5.89. The molecule has 0 spiro atoms. The summed E-state index contributed by atoms with van der Waals surface area (Å²) in [5.74, 6) is 3.08. The number of hydrogen-bond acceptors (Lipinski definition) is 6. The molecule has 3 aliphatic rings. The first kappa shape index (κ1) is 13.2. The van der Waals surface area contributed by atoms with E-state index in [4.69, 9.17) is 14.0 Å². The van der Waals surface area contributed by atoms with Crippen LogP contribution in [0.5, 0.6) is 11.5 Å². The molecular formula is C17H19N3O3. The highest BCUT2D eigenvalue weighted by Gasteiger charge is 2.35. The predicted octanol–water partition coefficient (Wildman–Crippen LogP) is 3.06. The maximum absolute atomic E-state index is 5.89. The van der Waals surface area contributed by atoms with Crippen LogP contribution in [0.15, 0.2) is 22.7 Å². The van der Waals surface area contributed by atoms with Crippen LogP contribution in [0.1, 0.15) is 49.0 Å². The summed E-state index contributed by atoms with van der Waals surface area (Å²) in [6.07, 6.45) is 4.52. The fraction of sp³-hybridized carbons (Fsp3) is 0.529. The second-order valence-electron chi connectivity index (χ2n) is 6.43. The molecule has 0 amide bonds. The van der Waals surface area contributed by atoms with E-state index in [1.807, 2.05) is 12.1 Å². The molecule has 1 aliphatic carbocycles. The monoisotopic (exact) mass is 313 g/mol. The third-order valence-corrected chi connectivity index (χ3v) is 4.83. The zero-order chi connectivity index (χ0) is 15.2. The Morgan fingerprint density at radius 3 is 2.91 bits per heavy atom. The minimum atomic E-state index is 0.208. The standard InChI is InChI=1S/C17H19N3O3/c1-3-12(15-14(5-1)21-9-10-22-15)13-4-2-8-20(13)17-18-16(19-23-17)11-6-7-11/h1,3,5,11,13H,2,4,6-10H2/t13-/m1/s1. The van der Waals surface area contributed by atoms with Crippen molar-refractivity contribution in [2.24, 2.45) is 0 Å². The lowest BCUT2D eigenvalue weighted by Gasteiger charge is -2.27. The van der Waals surface area contributed by atoms with Crippen molar-refractivity contribution in [2.45, 2.75) is 37.6 Å². The van der Waals surface area contributed by atoms with E-state index in [2.05, 4.69) is 21.1 Å². The van der Waals surface area contributed by atoms with Gasteiger partial charge in [0.2, 0.25) is 0 Å². The van der Waals surface area contributed by atoms with Gasteiger partial charge in [-0.1, -0.05) is 17.3 Å². The van der Waals surface area contributed by atoms with Crippen molar-refractivity contribution >= 4 is 6.01 Å². The van der Waals surface area contributed by atoms with Crippen molar-refractivity contribution < 1.29 is 14.0 Å². The molecule has 2 fully saturated rings. The van der Waals surface area contributed by atoms with Crippen LogP contribution in [0, 0.1) is 0 Å². The smallest absolute Gasteiger partial charge is 0.324 e. The van der Waals surface area contributed by atoms with Crippen LogP contribution < -0.4 is 14.4 Å². The van der Waals surface area contributed by atoms with Crippen molar-refractivity contribution in [3.8, 4) is 11.5 Å². The molecule has 1 saturated carbocycles.